The molecule has 12 aromatic rings. The first-order chi connectivity index (χ1) is 34.3. The van der Waals surface area contributed by atoms with Crippen molar-refractivity contribution in [1.29, 1.82) is 0 Å². The van der Waals surface area contributed by atoms with Crippen molar-refractivity contribution in [3.8, 4) is 39.8 Å². The van der Waals surface area contributed by atoms with Crippen LogP contribution in [0.4, 0.5) is 0 Å². The number of para-hydroxylation sites is 7. The molecule has 358 valence electrons. The monoisotopic (exact) mass is 942 g/mol. The van der Waals surface area contributed by atoms with Gasteiger partial charge < -0.3 is 8.98 Å². The normalized spacial score (nSPS) is 13.0. The van der Waals surface area contributed by atoms with Crippen LogP contribution in [-0.2, 0) is 21.7 Å². The lowest BCUT2D eigenvalue weighted by Gasteiger charge is -2.31. The van der Waals surface area contributed by atoms with Gasteiger partial charge in [-0.25, -0.2) is 9.97 Å². The molecular weight excluding hydrogens is 879 g/mol. The molecule has 4 heterocycles. The summed E-state index contributed by atoms with van der Waals surface area (Å²) < 4.78 is 13.7. The highest BCUT2D eigenvalue weighted by Gasteiger charge is 2.32. The van der Waals surface area contributed by atoms with E-state index in [0.29, 0.717) is 0 Å². The molecule has 12 rings (SSSR count). The van der Waals surface area contributed by atoms with Gasteiger partial charge >= 0.3 is 0 Å². The van der Waals surface area contributed by atoms with Crippen molar-refractivity contribution in [2.75, 3.05) is 0 Å². The quantitative estimate of drug-likeness (QED) is 0.173. The van der Waals surface area contributed by atoms with E-state index in [4.69, 9.17) is 14.4 Å². The van der Waals surface area contributed by atoms with Crippen LogP contribution >= 0.6 is 0 Å². The highest BCUT2D eigenvalue weighted by molar-refractivity contribution is 6.13. The van der Waals surface area contributed by atoms with Gasteiger partial charge in [-0.2, -0.15) is 0 Å². The Hall–Kier alpha value is -7.70. The third-order valence-corrected chi connectivity index (χ3v) is 14.8. The fourth-order valence-corrected chi connectivity index (χ4v) is 11.3. The maximum atomic E-state index is 6.36. The van der Waals surface area contributed by atoms with E-state index in [2.05, 4.69) is 248 Å². The van der Waals surface area contributed by atoms with Gasteiger partial charge in [0.25, 0.3) is 0 Å². The van der Waals surface area contributed by atoms with Gasteiger partial charge in [-0.15, -0.1) is 0 Å². The Bertz CT molecular complexity index is 3870. The van der Waals surface area contributed by atoms with Crippen molar-refractivity contribution in [2.45, 2.75) is 105 Å². The first-order valence-electron chi connectivity index (χ1n) is 25.5. The minimum absolute atomic E-state index is 0.133. The van der Waals surface area contributed by atoms with Crippen LogP contribution in [0.3, 0.4) is 0 Å². The molecule has 0 bridgehead atoms. The second kappa shape index (κ2) is 15.9. The molecule has 4 aromatic heterocycles. The number of rotatable bonds is 5. The van der Waals surface area contributed by atoms with E-state index in [1.165, 1.54) is 33.6 Å². The van der Waals surface area contributed by atoms with Crippen LogP contribution in [0.1, 0.15) is 105 Å². The zero-order valence-corrected chi connectivity index (χ0v) is 43.7. The molecule has 6 heteroatoms. The summed E-state index contributed by atoms with van der Waals surface area (Å²) in [5.74, 6) is 1.83. The highest BCUT2D eigenvalue weighted by Crippen LogP contribution is 2.45. The van der Waals surface area contributed by atoms with Crippen LogP contribution in [0.5, 0.6) is 0 Å². The Morgan fingerprint density at radius 2 is 0.750 bits per heavy atom. The number of imidazole rings is 2. The van der Waals surface area contributed by atoms with Crippen LogP contribution in [0.25, 0.3) is 106 Å². The van der Waals surface area contributed by atoms with Crippen LogP contribution in [-0.4, -0.2) is 23.7 Å². The maximum absolute atomic E-state index is 6.36. The van der Waals surface area contributed by atoms with Crippen LogP contribution in [0.2, 0.25) is 0 Å². The summed E-state index contributed by atoms with van der Waals surface area (Å²) in [7, 11) is 0. The largest absolute Gasteiger partial charge is 0.456 e. The van der Waals surface area contributed by atoms with Gasteiger partial charge in [0.15, 0.2) is 0 Å². The van der Waals surface area contributed by atoms with Crippen molar-refractivity contribution in [3.63, 3.8) is 0 Å². The molecule has 0 saturated carbocycles. The van der Waals surface area contributed by atoms with Gasteiger partial charge in [0.1, 0.15) is 22.8 Å². The van der Waals surface area contributed by atoms with Crippen LogP contribution in [0, 0.1) is 0 Å². The number of fused-ring (bicyclic) bond motifs is 8. The Labute approximate surface area is 422 Å². The van der Waals surface area contributed by atoms with Gasteiger partial charge in [-0.05, 0) is 129 Å². The first kappa shape index (κ1) is 45.4. The zero-order valence-electron chi connectivity index (χ0n) is 43.7. The zero-order chi connectivity index (χ0) is 50.2. The molecule has 0 unspecified atom stereocenters. The molecule has 8 aromatic carbocycles. The first-order valence-corrected chi connectivity index (χ1v) is 25.5. The second-order valence-corrected chi connectivity index (χ2v) is 24.0. The van der Waals surface area contributed by atoms with Gasteiger partial charge in [-0.3, -0.25) is 9.13 Å². The molecule has 6 nitrogen and oxygen atoms in total. The average Bonchev–Trinajstić information content (AvgIpc) is 4.11. The summed E-state index contributed by atoms with van der Waals surface area (Å²) in [6.07, 6.45) is 0. The Kier molecular flexibility index (Phi) is 10.0. The van der Waals surface area contributed by atoms with Crippen LogP contribution in [0.15, 0.2) is 168 Å². The van der Waals surface area contributed by atoms with Gasteiger partial charge in [0.2, 0.25) is 0 Å². The molecule has 0 saturated heterocycles. The number of aromatic nitrogens is 5. The lowest BCUT2D eigenvalue weighted by Crippen LogP contribution is -2.22. The minimum Gasteiger partial charge on any atom is -0.456 e. The smallest absolute Gasteiger partial charge is 0.145 e. The van der Waals surface area contributed by atoms with E-state index in [1.54, 1.807) is 0 Å². The average molecular weight is 942 g/mol. The van der Waals surface area contributed by atoms with Crippen molar-refractivity contribution in [3.05, 3.63) is 186 Å². The number of hydrogen-bond acceptors (Lipinski definition) is 3. The molecule has 0 spiro atoms. The lowest BCUT2D eigenvalue weighted by molar-refractivity contribution is 0.562. The van der Waals surface area contributed by atoms with E-state index >= 15 is 0 Å². The summed E-state index contributed by atoms with van der Waals surface area (Å²) in [5.41, 5.74) is 18.3. The van der Waals surface area contributed by atoms with Crippen LogP contribution < -0.4 is 0 Å². The number of hydrogen-bond donors (Lipinski definition) is 0. The summed E-state index contributed by atoms with van der Waals surface area (Å²) >= 11 is 0. The summed E-state index contributed by atoms with van der Waals surface area (Å²) in [6, 6.07) is 59.7. The van der Waals surface area contributed by atoms with E-state index in [9.17, 15) is 0 Å². The Balaban J connectivity index is 1.17. The molecule has 0 aliphatic heterocycles. The molecular formula is C66H63N5O. The molecule has 0 N–H and O–H groups in total. The van der Waals surface area contributed by atoms with Crippen molar-refractivity contribution >= 4 is 65.8 Å². The second-order valence-electron chi connectivity index (χ2n) is 24.0. The van der Waals surface area contributed by atoms with E-state index in [0.717, 1.165) is 94.3 Å². The minimum atomic E-state index is -0.133. The molecule has 0 fully saturated rings. The molecule has 0 atom stereocenters. The van der Waals surface area contributed by atoms with E-state index in [-0.39, 0.29) is 21.7 Å². The summed E-state index contributed by atoms with van der Waals surface area (Å²) in [4.78, 5) is 11.1. The predicted octanol–water partition coefficient (Wildman–Crippen LogP) is 17.9. The number of furan rings is 1. The maximum Gasteiger partial charge on any atom is 0.145 e. The molecule has 0 aliphatic rings. The Morgan fingerprint density at radius 1 is 0.333 bits per heavy atom. The number of nitrogens with zero attached hydrogens (tertiary/aromatic N) is 5. The van der Waals surface area contributed by atoms with Gasteiger partial charge in [0.05, 0.1) is 44.5 Å². The van der Waals surface area contributed by atoms with Gasteiger partial charge in [-0.1, -0.05) is 162 Å². The standard InChI is InChI=1S/C66H63N5O/c1-63(2,3)47-22-19-23-48(64(4,5)6)59(47)70-55-28-16-14-26-51(55)67-61(70)40-31-34-53-44(37-40)45-38-41(32-35-54(45)69(53)42-33-36-58-46(39-42)43-21-13-18-30-57(43)72-58)62-68-52-27-15-17-29-56(52)71(62)60-49(65(7,8)9)24-20-25-50(60)66(10,11)12/h13-39H,1-12H3. The van der Waals surface area contributed by atoms with E-state index < -0.39 is 0 Å². The summed E-state index contributed by atoms with van der Waals surface area (Å²) in [6.45, 7) is 27.8. The van der Waals surface area contributed by atoms with Crippen molar-refractivity contribution < 1.29 is 4.42 Å². The fourth-order valence-electron chi connectivity index (χ4n) is 11.3. The molecule has 72 heavy (non-hydrogen) atoms. The lowest BCUT2D eigenvalue weighted by atomic mass is 9.78. The third kappa shape index (κ3) is 7.20. The highest BCUT2D eigenvalue weighted by atomic mass is 16.3. The van der Waals surface area contributed by atoms with Crippen molar-refractivity contribution in [2.24, 2.45) is 0 Å². The topological polar surface area (TPSA) is 53.7 Å². The number of benzene rings is 8. The fraction of sp³-hybridized carbons (Fsp3) is 0.242. The third-order valence-electron chi connectivity index (χ3n) is 14.8. The molecule has 0 radical (unpaired) electrons. The van der Waals surface area contributed by atoms with Gasteiger partial charge in [0, 0.05) is 38.4 Å². The summed E-state index contributed by atoms with van der Waals surface area (Å²) in [5, 5.41) is 4.46. The molecule has 0 amide bonds. The molecule has 0 aliphatic carbocycles. The van der Waals surface area contributed by atoms with E-state index in [1.807, 2.05) is 12.1 Å². The Morgan fingerprint density at radius 3 is 1.21 bits per heavy atom. The predicted molar refractivity (Wildman–Crippen MR) is 303 cm³/mol. The van der Waals surface area contributed by atoms with Crippen molar-refractivity contribution in [1.82, 2.24) is 23.7 Å². The SMILES string of the molecule is CC(C)(C)c1cccc(C(C)(C)C)c1-n1c(-c2ccc3c(c2)c2cc(-c4nc5ccccc5n4-c4c(C(C)(C)C)cccc4C(C)(C)C)ccc2n3-c2ccc3oc4ccccc4c3c2)nc2ccccc21.